The first-order valence-electron chi connectivity index (χ1n) is 5.71. The Labute approximate surface area is 141 Å². The molecule has 20 heavy (non-hydrogen) atoms. The van der Waals surface area contributed by atoms with Crippen LogP contribution in [0.15, 0.2) is 35.7 Å². The van der Waals surface area contributed by atoms with Gasteiger partial charge < -0.3 is 10.5 Å². The van der Waals surface area contributed by atoms with Crippen LogP contribution in [-0.4, -0.2) is 8.96 Å². The van der Waals surface area contributed by atoms with Crippen molar-refractivity contribution in [2.75, 3.05) is 0 Å². The van der Waals surface area contributed by atoms with E-state index >= 15 is 0 Å². The maximum Gasteiger partial charge on any atom is 0.412 e. The molecule has 0 saturated carbocycles. The summed E-state index contributed by atoms with van der Waals surface area (Å²) in [5.41, 5.74) is 7.19. The highest BCUT2D eigenvalue weighted by Crippen LogP contribution is 2.25. The van der Waals surface area contributed by atoms with E-state index in [1.54, 1.807) is 26.0 Å². The first-order valence-corrected chi connectivity index (χ1v) is 7.57. The molecular weight excluding hydrogens is 411 g/mol. The Morgan fingerprint density at radius 2 is 2.10 bits per heavy atom. The van der Waals surface area contributed by atoms with Gasteiger partial charge in [0.2, 0.25) is 0 Å². The maximum absolute atomic E-state index is 11.8. The van der Waals surface area contributed by atoms with Crippen molar-refractivity contribution in [1.82, 2.24) is 5.32 Å². The van der Waals surface area contributed by atoms with Gasteiger partial charge >= 0.3 is 6.09 Å². The fraction of sp³-hybridized carbons (Fsp3) is 0.231. The minimum Gasteiger partial charge on any atom is -0.441 e. The number of rotatable bonds is 4. The topological polar surface area (TPSA) is 64.3 Å². The number of carbonyl (C=O) groups excluding carboxylic acids is 1. The molecule has 0 radical (unpaired) electrons. The molecule has 0 aliphatic heterocycles. The zero-order chi connectivity index (χ0) is 15.3. The molecule has 0 fully saturated rings. The van der Waals surface area contributed by atoms with E-state index in [2.05, 4.69) is 5.32 Å². The second-order valence-corrected chi connectivity index (χ2v) is 6.65. The molecule has 1 aromatic rings. The smallest absolute Gasteiger partial charge is 0.412 e. The average Bonchev–Trinajstić information content (AvgIpc) is 2.35. The van der Waals surface area contributed by atoms with Crippen LogP contribution in [0.3, 0.4) is 0 Å². The summed E-state index contributed by atoms with van der Waals surface area (Å²) in [7, 11) is 0. The Balaban J connectivity index is 2.75. The van der Waals surface area contributed by atoms with Gasteiger partial charge in [-0.2, -0.15) is 0 Å². The number of hydrogen-bond acceptors (Lipinski definition) is 4. The van der Waals surface area contributed by atoms with Gasteiger partial charge in [0, 0.05) is 16.3 Å². The first-order chi connectivity index (χ1) is 9.32. The Morgan fingerprint density at radius 3 is 2.60 bits per heavy atom. The first kappa shape index (κ1) is 17.2. The van der Waals surface area contributed by atoms with E-state index in [-0.39, 0.29) is 0 Å². The molecule has 1 rings (SSSR count). The summed E-state index contributed by atoms with van der Waals surface area (Å²) in [5.74, 6) is 0. The van der Waals surface area contributed by atoms with Crippen LogP contribution in [0.5, 0.6) is 0 Å². The molecule has 0 unspecified atom stereocenters. The van der Waals surface area contributed by atoms with Crippen LogP contribution in [0.1, 0.15) is 25.5 Å². The largest absolute Gasteiger partial charge is 0.441 e. The highest BCUT2D eigenvalue weighted by Gasteiger charge is 2.16. The van der Waals surface area contributed by atoms with Crippen LogP contribution in [-0.2, 0) is 4.74 Å². The maximum atomic E-state index is 11.8. The van der Waals surface area contributed by atoms with Crippen molar-refractivity contribution < 1.29 is 9.53 Å². The van der Waals surface area contributed by atoms with Gasteiger partial charge in [-0.15, -0.1) is 0 Å². The molecule has 0 bridgehead atoms. The van der Waals surface area contributed by atoms with Gasteiger partial charge in [-0.05, 0) is 42.5 Å². The van der Waals surface area contributed by atoms with E-state index in [1.165, 1.54) is 0 Å². The number of ether oxygens (including phenoxy) is 1. The van der Waals surface area contributed by atoms with Crippen molar-refractivity contribution in [2.45, 2.75) is 20.0 Å². The van der Waals surface area contributed by atoms with Crippen LogP contribution < -0.4 is 11.1 Å². The lowest BCUT2D eigenvalue weighted by molar-refractivity contribution is 0.110. The number of hydrogen-bond donors (Lipinski definition) is 2. The van der Waals surface area contributed by atoms with Crippen molar-refractivity contribution in [3.05, 3.63) is 46.2 Å². The molecule has 0 aromatic heterocycles. The monoisotopic (exact) mass is 424 g/mol. The van der Waals surface area contributed by atoms with E-state index < -0.39 is 12.2 Å². The van der Waals surface area contributed by atoms with E-state index in [4.69, 9.17) is 34.3 Å². The summed E-state index contributed by atoms with van der Waals surface area (Å²) in [4.78, 5) is 11.8. The molecule has 4 nitrogen and oxygen atoms in total. The summed E-state index contributed by atoms with van der Waals surface area (Å²) in [6.45, 7) is 3.39. The molecular formula is C13H14ClIN2O2S. The van der Waals surface area contributed by atoms with Crippen LogP contribution in [0.2, 0.25) is 5.02 Å². The standard InChI is InChI=1S/C13H14ClIN2O2S/c1-7(16)11(12(15)20)17-13(18)19-8(2)9-5-3-4-6-10(9)14/h3-6,8H,16H2,1-2H3,(H,17,18)/t8-/m1/s1. The van der Waals surface area contributed by atoms with Gasteiger partial charge in [0.1, 0.15) is 8.98 Å². The van der Waals surface area contributed by atoms with E-state index in [1.807, 2.05) is 34.7 Å². The molecule has 108 valence electrons. The number of nitrogens with two attached hydrogens (primary N) is 1. The van der Waals surface area contributed by atoms with Crippen molar-refractivity contribution >= 4 is 55.4 Å². The highest BCUT2D eigenvalue weighted by atomic mass is 127. The molecule has 0 saturated heterocycles. The Kier molecular flexibility index (Phi) is 6.70. The van der Waals surface area contributed by atoms with E-state index in [0.717, 1.165) is 5.56 Å². The second-order valence-electron chi connectivity index (χ2n) is 4.03. The van der Waals surface area contributed by atoms with Crippen molar-refractivity contribution in [2.24, 2.45) is 5.73 Å². The summed E-state index contributed by atoms with van der Waals surface area (Å²) in [5, 5.41) is 3.08. The number of benzene rings is 1. The molecule has 1 aromatic carbocycles. The zero-order valence-electron chi connectivity index (χ0n) is 10.9. The van der Waals surface area contributed by atoms with Crippen molar-refractivity contribution in [3.8, 4) is 0 Å². The molecule has 3 N–H and O–H groups in total. The van der Waals surface area contributed by atoms with Crippen molar-refractivity contribution in [1.29, 1.82) is 0 Å². The summed E-state index contributed by atoms with van der Waals surface area (Å²) in [6, 6.07) is 7.18. The lowest BCUT2D eigenvalue weighted by atomic mass is 10.1. The molecule has 0 heterocycles. The van der Waals surface area contributed by atoms with Gasteiger partial charge in [0.05, 0.1) is 5.70 Å². The lowest BCUT2D eigenvalue weighted by Crippen LogP contribution is -2.29. The zero-order valence-corrected chi connectivity index (χ0v) is 14.7. The normalized spacial score (nSPS) is 13.2. The number of allylic oxidation sites excluding steroid dienone is 2. The van der Waals surface area contributed by atoms with Gasteiger partial charge in [-0.3, -0.25) is 5.32 Å². The fourth-order valence-electron chi connectivity index (χ4n) is 1.46. The van der Waals surface area contributed by atoms with Gasteiger partial charge in [-0.25, -0.2) is 4.79 Å². The fourth-order valence-corrected chi connectivity index (χ4v) is 2.52. The van der Waals surface area contributed by atoms with Crippen molar-refractivity contribution in [3.63, 3.8) is 0 Å². The minimum absolute atomic E-state index is 0.386. The summed E-state index contributed by atoms with van der Waals surface area (Å²) in [6.07, 6.45) is -1.11. The number of carbonyl (C=O) groups is 1. The molecule has 1 amide bonds. The third-order valence-corrected chi connectivity index (χ3v) is 3.53. The van der Waals surface area contributed by atoms with Gasteiger partial charge in [-0.1, -0.05) is 42.0 Å². The lowest BCUT2D eigenvalue weighted by Gasteiger charge is -2.16. The van der Waals surface area contributed by atoms with Crippen LogP contribution in [0.25, 0.3) is 0 Å². The number of halogens is 2. The highest BCUT2D eigenvalue weighted by molar-refractivity contribution is 14.1. The Hall–Kier alpha value is -0.860. The second kappa shape index (κ2) is 7.80. The third-order valence-electron chi connectivity index (χ3n) is 2.44. The van der Waals surface area contributed by atoms with Crippen LogP contribution >= 0.6 is 46.4 Å². The van der Waals surface area contributed by atoms with Crippen LogP contribution in [0, 0.1) is 0 Å². The number of amides is 1. The van der Waals surface area contributed by atoms with E-state index in [9.17, 15) is 4.79 Å². The van der Waals surface area contributed by atoms with Crippen LogP contribution in [0.4, 0.5) is 4.79 Å². The summed E-state index contributed by atoms with van der Waals surface area (Å²) >= 11 is 12.9. The number of alkyl carbamates (subject to hydrolysis) is 1. The molecule has 0 aliphatic carbocycles. The number of thiocarbonyl (C=S) groups is 1. The molecule has 1 atom stereocenters. The molecule has 7 heteroatoms. The predicted octanol–water partition coefficient (Wildman–Crippen LogP) is 4.08. The average molecular weight is 425 g/mol. The Morgan fingerprint density at radius 1 is 1.50 bits per heavy atom. The molecule has 0 aliphatic rings. The Bertz CT molecular complexity index is 559. The quantitative estimate of drug-likeness (QED) is 0.331. The molecule has 0 spiro atoms. The van der Waals surface area contributed by atoms with E-state index in [0.29, 0.717) is 19.3 Å². The van der Waals surface area contributed by atoms with Gasteiger partial charge in [0.15, 0.2) is 0 Å². The third kappa shape index (κ3) is 4.92. The summed E-state index contributed by atoms with van der Waals surface area (Å²) < 4.78 is 5.72. The SMILES string of the molecule is CC(N)=C(NC(=O)O[C@H](C)c1ccccc1Cl)C(=S)I. The minimum atomic E-state index is -0.628. The predicted molar refractivity (Wildman–Crippen MR) is 93.0 cm³/mol. The van der Waals surface area contributed by atoms with Gasteiger partial charge in [0.25, 0.3) is 0 Å². The number of nitrogens with one attached hydrogen (secondary N) is 1.